The van der Waals surface area contributed by atoms with Crippen LogP contribution in [0, 0.1) is 0 Å². The number of anilines is 2. The summed E-state index contributed by atoms with van der Waals surface area (Å²) in [4.78, 5) is 26.3. The van der Waals surface area contributed by atoms with Gasteiger partial charge in [0, 0.05) is 37.6 Å². The molecule has 1 amide bonds. The highest BCUT2D eigenvalue weighted by molar-refractivity contribution is 5.92. The topological polar surface area (TPSA) is 112 Å². The molecule has 1 aromatic heterocycles. The molecule has 2 aromatic carbocycles. The number of amides is 1. The Bertz CT molecular complexity index is 1220. The minimum absolute atomic E-state index is 0.0983. The van der Waals surface area contributed by atoms with Gasteiger partial charge in [-0.1, -0.05) is 12.1 Å². The van der Waals surface area contributed by atoms with Gasteiger partial charge in [0.25, 0.3) is 5.91 Å². The summed E-state index contributed by atoms with van der Waals surface area (Å²) in [6.45, 7) is 5.67. The molecule has 35 heavy (non-hydrogen) atoms. The van der Waals surface area contributed by atoms with Gasteiger partial charge < -0.3 is 34.5 Å². The quantitative estimate of drug-likeness (QED) is 0.544. The predicted molar refractivity (Wildman–Crippen MR) is 134 cm³/mol. The number of aromatic nitrogens is 2. The number of fused-ring (bicyclic) bond motifs is 1. The Morgan fingerprint density at radius 2 is 1.49 bits per heavy atom. The highest BCUT2D eigenvalue weighted by atomic mass is 16.5. The van der Waals surface area contributed by atoms with Crippen molar-refractivity contribution in [3.8, 4) is 23.0 Å². The van der Waals surface area contributed by atoms with E-state index in [-0.39, 0.29) is 5.91 Å². The highest BCUT2D eigenvalue weighted by Gasteiger charge is 2.36. The Morgan fingerprint density at radius 1 is 0.886 bits per heavy atom. The summed E-state index contributed by atoms with van der Waals surface area (Å²) in [5.74, 6) is 3.01. The first kappa shape index (κ1) is 24.2. The molecule has 0 aliphatic carbocycles. The summed E-state index contributed by atoms with van der Waals surface area (Å²) >= 11 is 0. The largest absolute Gasteiger partial charge is 0.493 e. The van der Waals surface area contributed by atoms with E-state index in [1.165, 1.54) is 0 Å². The number of carbonyl (C=O) groups is 1. The monoisotopic (exact) mass is 481 g/mol. The van der Waals surface area contributed by atoms with Crippen molar-refractivity contribution in [3.05, 3.63) is 36.4 Å². The number of methoxy groups -OCH3 is 3. The van der Waals surface area contributed by atoms with Crippen LogP contribution in [0.5, 0.6) is 23.0 Å². The van der Waals surface area contributed by atoms with E-state index in [0.717, 1.165) is 0 Å². The third-order valence-corrected chi connectivity index (χ3v) is 6.02. The normalized spacial score (nSPS) is 14.1. The zero-order valence-corrected chi connectivity index (χ0v) is 20.7. The molecule has 1 aliphatic heterocycles. The SMILES string of the molecule is COc1cc2nc(N3CCN(C(=O)C(C)(C)Oc4ccccc4OC)CC3)nc(N)c2cc1OC. The highest BCUT2D eigenvalue weighted by Crippen LogP contribution is 2.34. The summed E-state index contributed by atoms with van der Waals surface area (Å²) in [5.41, 5.74) is 5.85. The van der Waals surface area contributed by atoms with Crippen molar-refractivity contribution in [2.75, 3.05) is 58.1 Å². The Balaban J connectivity index is 1.47. The first-order valence-electron chi connectivity index (χ1n) is 11.3. The van der Waals surface area contributed by atoms with Crippen molar-refractivity contribution in [1.82, 2.24) is 14.9 Å². The second kappa shape index (κ2) is 9.73. The molecule has 3 aromatic rings. The van der Waals surface area contributed by atoms with Gasteiger partial charge in [-0.15, -0.1) is 0 Å². The van der Waals surface area contributed by atoms with E-state index in [0.29, 0.717) is 71.8 Å². The van der Waals surface area contributed by atoms with Crippen LogP contribution < -0.4 is 29.6 Å². The number of piperazine rings is 1. The summed E-state index contributed by atoms with van der Waals surface area (Å²) in [6, 6.07) is 10.8. The van der Waals surface area contributed by atoms with E-state index >= 15 is 0 Å². The molecule has 186 valence electrons. The van der Waals surface area contributed by atoms with Crippen LogP contribution in [0.2, 0.25) is 0 Å². The Morgan fingerprint density at radius 3 is 2.11 bits per heavy atom. The number of rotatable bonds is 7. The van der Waals surface area contributed by atoms with E-state index in [1.54, 1.807) is 64.3 Å². The minimum Gasteiger partial charge on any atom is -0.493 e. The van der Waals surface area contributed by atoms with Crippen LogP contribution in [0.25, 0.3) is 10.9 Å². The average Bonchev–Trinajstić information content (AvgIpc) is 2.87. The molecule has 2 heterocycles. The number of para-hydroxylation sites is 2. The molecule has 1 saturated heterocycles. The molecule has 0 radical (unpaired) electrons. The van der Waals surface area contributed by atoms with Crippen molar-refractivity contribution >= 4 is 28.6 Å². The number of benzene rings is 2. The zero-order valence-electron chi connectivity index (χ0n) is 20.7. The van der Waals surface area contributed by atoms with Gasteiger partial charge in [0.05, 0.1) is 26.8 Å². The number of nitrogens with zero attached hydrogens (tertiary/aromatic N) is 4. The zero-order chi connectivity index (χ0) is 25.2. The fourth-order valence-corrected chi connectivity index (χ4v) is 4.12. The molecule has 0 atom stereocenters. The van der Waals surface area contributed by atoms with Crippen molar-refractivity contribution in [3.63, 3.8) is 0 Å². The third kappa shape index (κ3) is 4.82. The van der Waals surface area contributed by atoms with E-state index in [1.807, 2.05) is 17.0 Å². The molecule has 4 rings (SSSR count). The fourth-order valence-electron chi connectivity index (χ4n) is 4.12. The number of nitrogen functional groups attached to an aromatic ring is 1. The Kier molecular flexibility index (Phi) is 6.72. The van der Waals surface area contributed by atoms with Crippen LogP contribution in [0.1, 0.15) is 13.8 Å². The summed E-state index contributed by atoms with van der Waals surface area (Å²) < 4.78 is 22.2. The molecular formula is C25H31N5O5. The number of nitrogens with two attached hydrogens (primary N) is 1. The average molecular weight is 482 g/mol. The van der Waals surface area contributed by atoms with Gasteiger partial charge in [-0.3, -0.25) is 4.79 Å². The first-order valence-corrected chi connectivity index (χ1v) is 11.3. The molecule has 1 aliphatic rings. The second-order valence-electron chi connectivity index (χ2n) is 8.68. The molecular weight excluding hydrogens is 450 g/mol. The third-order valence-electron chi connectivity index (χ3n) is 6.02. The van der Waals surface area contributed by atoms with Gasteiger partial charge in [0.15, 0.2) is 28.6 Å². The van der Waals surface area contributed by atoms with Gasteiger partial charge in [-0.05, 0) is 32.0 Å². The smallest absolute Gasteiger partial charge is 0.266 e. The maximum Gasteiger partial charge on any atom is 0.266 e. The van der Waals surface area contributed by atoms with Gasteiger partial charge in [-0.2, -0.15) is 4.98 Å². The standard InChI is InChI=1S/C25H31N5O5/c1-25(2,35-19-9-7-6-8-18(19)32-3)23(31)29-10-12-30(13-11-29)24-27-17-15-21(34-5)20(33-4)14-16(17)22(26)28-24/h6-9,14-15H,10-13H2,1-5H3,(H2,26,27,28). The maximum absolute atomic E-state index is 13.3. The number of hydrogen-bond donors (Lipinski definition) is 1. The lowest BCUT2D eigenvalue weighted by Gasteiger charge is -2.38. The van der Waals surface area contributed by atoms with Gasteiger partial charge in [0.2, 0.25) is 5.95 Å². The first-order chi connectivity index (χ1) is 16.8. The van der Waals surface area contributed by atoms with E-state index in [2.05, 4.69) is 4.98 Å². The van der Waals surface area contributed by atoms with Crippen LogP contribution in [0.15, 0.2) is 36.4 Å². The molecule has 2 N–H and O–H groups in total. The fraction of sp³-hybridized carbons (Fsp3) is 0.400. The van der Waals surface area contributed by atoms with Gasteiger partial charge in [-0.25, -0.2) is 4.98 Å². The van der Waals surface area contributed by atoms with Gasteiger partial charge in [0.1, 0.15) is 5.82 Å². The van der Waals surface area contributed by atoms with Crippen LogP contribution in [-0.2, 0) is 4.79 Å². The molecule has 0 bridgehead atoms. The molecule has 10 nitrogen and oxygen atoms in total. The number of ether oxygens (including phenoxy) is 4. The van der Waals surface area contributed by atoms with Crippen molar-refractivity contribution in [2.45, 2.75) is 19.4 Å². The number of hydrogen-bond acceptors (Lipinski definition) is 9. The van der Waals surface area contributed by atoms with Crippen LogP contribution in [0.3, 0.4) is 0 Å². The molecule has 0 spiro atoms. The Labute approximate surface area is 204 Å². The summed E-state index contributed by atoms with van der Waals surface area (Å²) in [6.07, 6.45) is 0. The molecule has 0 saturated carbocycles. The van der Waals surface area contributed by atoms with E-state index in [4.69, 9.17) is 29.7 Å². The molecule has 0 unspecified atom stereocenters. The summed E-state index contributed by atoms with van der Waals surface area (Å²) in [7, 11) is 4.72. The van der Waals surface area contributed by atoms with Crippen molar-refractivity contribution in [2.24, 2.45) is 0 Å². The predicted octanol–water partition coefficient (Wildman–Crippen LogP) is 2.74. The van der Waals surface area contributed by atoms with E-state index in [9.17, 15) is 4.79 Å². The Hall–Kier alpha value is -3.95. The van der Waals surface area contributed by atoms with Crippen molar-refractivity contribution < 1.29 is 23.7 Å². The summed E-state index contributed by atoms with van der Waals surface area (Å²) in [5, 5.41) is 0.690. The maximum atomic E-state index is 13.3. The van der Waals surface area contributed by atoms with Crippen LogP contribution in [0.4, 0.5) is 11.8 Å². The lowest BCUT2D eigenvalue weighted by molar-refractivity contribution is -0.145. The molecule has 1 fully saturated rings. The lowest BCUT2D eigenvalue weighted by Crippen LogP contribution is -2.56. The van der Waals surface area contributed by atoms with E-state index < -0.39 is 5.60 Å². The molecule has 10 heteroatoms. The minimum atomic E-state index is -1.06. The second-order valence-corrected chi connectivity index (χ2v) is 8.68. The lowest BCUT2D eigenvalue weighted by atomic mass is 10.1. The van der Waals surface area contributed by atoms with Gasteiger partial charge >= 0.3 is 0 Å². The van der Waals surface area contributed by atoms with Crippen molar-refractivity contribution in [1.29, 1.82) is 0 Å². The number of carbonyl (C=O) groups excluding carboxylic acids is 1. The van der Waals surface area contributed by atoms with Crippen LogP contribution >= 0.6 is 0 Å². The van der Waals surface area contributed by atoms with Crippen LogP contribution in [-0.4, -0.2) is 73.9 Å².